The summed E-state index contributed by atoms with van der Waals surface area (Å²) in [6.07, 6.45) is -0.523. The Morgan fingerprint density at radius 3 is 2.59 bits per heavy atom. The van der Waals surface area contributed by atoms with Crippen molar-refractivity contribution < 1.29 is 5.11 Å². The van der Waals surface area contributed by atoms with Gasteiger partial charge in [0.1, 0.15) is 0 Å². The second kappa shape index (κ2) is 5.90. The second-order valence-electron chi connectivity index (χ2n) is 4.30. The van der Waals surface area contributed by atoms with Crippen LogP contribution >= 0.6 is 11.6 Å². The molecule has 92 valence electrons. The molecule has 0 fully saturated rings. The summed E-state index contributed by atoms with van der Waals surface area (Å²) in [7, 11) is 1.90. The molecule has 0 radical (unpaired) electrons. The summed E-state index contributed by atoms with van der Waals surface area (Å²) in [6.45, 7) is 4.20. The first-order chi connectivity index (χ1) is 7.95. The molecule has 1 rings (SSSR count). The Labute approximate surface area is 107 Å². The third-order valence-corrected chi connectivity index (χ3v) is 2.94. The molecule has 1 N–H and O–H groups in total. The van der Waals surface area contributed by atoms with Crippen molar-refractivity contribution >= 4 is 17.3 Å². The van der Waals surface area contributed by atoms with E-state index in [0.717, 1.165) is 11.3 Å². The van der Waals surface area contributed by atoms with Crippen molar-refractivity contribution in [3.63, 3.8) is 0 Å². The maximum atomic E-state index is 9.45. The molecule has 0 amide bonds. The topological polar surface area (TPSA) is 47.3 Å². The number of benzene rings is 1. The predicted octanol–water partition coefficient (Wildman–Crippen LogP) is 2.99. The summed E-state index contributed by atoms with van der Waals surface area (Å²) in [5.74, 6) is -0.0486. The minimum atomic E-state index is -0.523. The average Bonchev–Trinajstić information content (AvgIpc) is 2.28. The molecule has 0 bridgehead atoms. The molecule has 4 heteroatoms. The summed E-state index contributed by atoms with van der Waals surface area (Å²) in [5, 5.41) is 18.8. The largest absolute Gasteiger partial charge is 0.389 e. The zero-order chi connectivity index (χ0) is 13.0. The zero-order valence-corrected chi connectivity index (χ0v) is 11.1. The highest BCUT2D eigenvalue weighted by molar-refractivity contribution is 6.33. The Kier molecular flexibility index (Phi) is 4.80. The number of halogens is 1. The van der Waals surface area contributed by atoms with Crippen molar-refractivity contribution in [2.45, 2.75) is 20.0 Å². The maximum Gasteiger partial charge on any atom is 0.0762 e. The Morgan fingerprint density at radius 2 is 2.12 bits per heavy atom. The molecule has 0 spiro atoms. The third-order valence-electron chi connectivity index (χ3n) is 2.63. The van der Waals surface area contributed by atoms with Crippen molar-refractivity contribution in [1.82, 2.24) is 0 Å². The van der Waals surface area contributed by atoms with Gasteiger partial charge < -0.3 is 10.0 Å². The lowest BCUT2D eigenvalue weighted by molar-refractivity contribution is 0.199. The standard InChI is InChI=1S/C13H17ClN2O/c1-9(7-15)8-16(3)13-5-4-11(10(2)17)6-12(13)14/h4-6,9-10,17H,8H2,1-3H3. The zero-order valence-electron chi connectivity index (χ0n) is 10.3. The van der Waals surface area contributed by atoms with E-state index in [9.17, 15) is 5.11 Å². The molecular formula is C13H17ClN2O. The van der Waals surface area contributed by atoms with Crippen molar-refractivity contribution in [2.75, 3.05) is 18.5 Å². The van der Waals surface area contributed by atoms with E-state index >= 15 is 0 Å². The molecule has 1 aromatic rings. The Bertz CT molecular complexity index is 426. The quantitative estimate of drug-likeness (QED) is 0.896. The maximum absolute atomic E-state index is 9.45. The van der Waals surface area contributed by atoms with Gasteiger partial charge in [-0.1, -0.05) is 17.7 Å². The lowest BCUT2D eigenvalue weighted by Crippen LogP contribution is -2.23. The van der Waals surface area contributed by atoms with Crippen LogP contribution in [0.3, 0.4) is 0 Å². The van der Waals surface area contributed by atoms with Crippen LogP contribution in [0, 0.1) is 17.2 Å². The van der Waals surface area contributed by atoms with E-state index in [1.165, 1.54) is 0 Å². The monoisotopic (exact) mass is 252 g/mol. The molecule has 0 saturated carbocycles. The number of anilines is 1. The first kappa shape index (κ1) is 13.8. The lowest BCUT2D eigenvalue weighted by atomic mass is 10.1. The molecule has 0 aliphatic heterocycles. The molecule has 17 heavy (non-hydrogen) atoms. The van der Waals surface area contributed by atoms with Gasteiger partial charge >= 0.3 is 0 Å². The van der Waals surface area contributed by atoms with Gasteiger partial charge in [0, 0.05) is 13.6 Å². The fourth-order valence-corrected chi connectivity index (χ4v) is 1.98. The highest BCUT2D eigenvalue weighted by Gasteiger charge is 2.11. The van der Waals surface area contributed by atoms with E-state index in [1.807, 2.05) is 31.0 Å². The summed E-state index contributed by atoms with van der Waals surface area (Å²) in [4.78, 5) is 1.95. The minimum absolute atomic E-state index is 0.0486. The van der Waals surface area contributed by atoms with Gasteiger partial charge in [0.05, 0.1) is 28.8 Å². The Hall–Kier alpha value is -1.24. The fraction of sp³-hybridized carbons (Fsp3) is 0.462. The highest BCUT2D eigenvalue weighted by Crippen LogP contribution is 2.28. The van der Waals surface area contributed by atoms with Gasteiger partial charge in [0.25, 0.3) is 0 Å². The van der Waals surface area contributed by atoms with Crippen LogP contribution in [0.1, 0.15) is 25.5 Å². The van der Waals surface area contributed by atoms with E-state index < -0.39 is 6.10 Å². The van der Waals surface area contributed by atoms with E-state index in [2.05, 4.69) is 6.07 Å². The molecule has 0 aliphatic rings. The Morgan fingerprint density at radius 1 is 1.47 bits per heavy atom. The molecule has 3 nitrogen and oxygen atoms in total. The molecule has 2 unspecified atom stereocenters. The van der Waals surface area contributed by atoms with Gasteiger partial charge in [-0.15, -0.1) is 0 Å². The summed E-state index contributed by atoms with van der Waals surface area (Å²) in [6, 6.07) is 7.67. The van der Waals surface area contributed by atoms with Crippen molar-refractivity contribution in [3.8, 4) is 6.07 Å². The van der Waals surface area contributed by atoms with Crippen LogP contribution < -0.4 is 4.90 Å². The normalized spacial score (nSPS) is 13.9. The third kappa shape index (κ3) is 3.62. The summed E-state index contributed by atoms with van der Waals surface area (Å²) < 4.78 is 0. The number of aliphatic hydroxyl groups is 1. The highest BCUT2D eigenvalue weighted by atomic mass is 35.5. The van der Waals surface area contributed by atoms with Crippen LogP contribution in [-0.2, 0) is 0 Å². The van der Waals surface area contributed by atoms with E-state index in [0.29, 0.717) is 11.6 Å². The number of hydrogen-bond acceptors (Lipinski definition) is 3. The van der Waals surface area contributed by atoms with E-state index in [-0.39, 0.29) is 5.92 Å². The predicted molar refractivity (Wildman–Crippen MR) is 70.1 cm³/mol. The van der Waals surface area contributed by atoms with Crippen LogP contribution in [0.5, 0.6) is 0 Å². The van der Waals surface area contributed by atoms with Gasteiger partial charge in [-0.2, -0.15) is 5.26 Å². The fourth-order valence-electron chi connectivity index (χ4n) is 1.64. The number of nitriles is 1. The van der Waals surface area contributed by atoms with Crippen LogP contribution in [0.4, 0.5) is 5.69 Å². The number of hydrogen-bond donors (Lipinski definition) is 1. The molecule has 2 atom stereocenters. The number of aliphatic hydroxyl groups excluding tert-OH is 1. The van der Waals surface area contributed by atoms with Gasteiger partial charge in [-0.05, 0) is 31.5 Å². The van der Waals surface area contributed by atoms with Crippen LogP contribution in [0.15, 0.2) is 18.2 Å². The molecule has 0 heterocycles. The first-order valence-electron chi connectivity index (χ1n) is 5.54. The van der Waals surface area contributed by atoms with Crippen molar-refractivity contribution in [2.24, 2.45) is 5.92 Å². The smallest absolute Gasteiger partial charge is 0.0762 e. The average molecular weight is 253 g/mol. The summed E-state index contributed by atoms with van der Waals surface area (Å²) in [5.41, 5.74) is 1.67. The Balaban J connectivity index is 2.89. The van der Waals surface area contributed by atoms with Crippen LogP contribution in [0.25, 0.3) is 0 Å². The van der Waals surface area contributed by atoms with E-state index in [1.54, 1.807) is 13.0 Å². The van der Waals surface area contributed by atoms with Gasteiger partial charge in [0.15, 0.2) is 0 Å². The van der Waals surface area contributed by atoms with Crippen LogP contribution in [-0.4, -0.2) is 18.7 Å². The van der Waals surface area contributed by atoms with Gasteiger partial charge in [-0.25, -0.2) is 0 Å². The van der Waals surface area contributed by atoms with Crippen molar-refractivity contribution in [3.05, 3.63) is 28.8 Å². The van der Waals surface area contributed by atoms with Crippen molar-refractivity contribution in [1.29, 1.82) is 5.26 Å². The molecule has 0 saturated heterocycles. The van der Waals surface area contributed by atoms with Gasteiger partial charge in [-0.3, -0.25) is 0 Å². The number of nitrogens with zero attached hydrogens (tertiary/aromatic N) is 2. The number of rotatable bonds is 4. The minimum Gasteiger partial charge on any atom is -0.389 e. The van der Waals surface area contributed by atoms with Gasteiger partial charge in [0.2, 0.25) is 0 Å². The SMILES string of the molecule is CC(C#N)CN(C)c1ccc(C(C)O)cc1Cl. The molecule has 0 aromatic heterocycles. The molecule has 0 aliphatic carbocycles. The lowest BCUT2D eigenvalue weighted by Gasteiger charge is -2.22. The van der Waals surface area contributed by atoms with Crippen LogP contribution in [0.2, 0.25) is 5.02 Å². The van der Waals surface area contributed by atoms with E-state index in [4.69, 9.17) is 16.9 Å². The first-order valence-corrected chi connectivity index (χ1v) is 5.91. The second-order valence-corrected chi connectivity index (χ2v) is 4.70. The summed E-state index contributed by atoms with van der Waals surface area (Å²) >= 11 is 6.16. The molecular weight excluding hydrogens is 236 g/mol. The molecule has 1 aromatic carbocycles.